The number of hydrogen-bond acceptors (Lipinski definition) is 3. The Hall–Kier alpha value is -0.740. The fourth-order valence-electron chi connectivity index (χ4n) is 1.92. The minimum Gasteiger partial charge on any atom is -0.219 e. The van der Waals surface area contributed by atoms with Gasteiger partial charge in [0.15, 0.2) is 0 Å². The standard InChI is InChI=1S/C14H18O2S2/c1-3-4-10-13(14-11(2)17-14)18(15,16)12-8-6-5-7-9-12/h5-9,11H,3-4,10H2,1-2H3. The Morgan fingerprint density at radius 2 is 1.89 bits per heavy atom. The van der Waals surface area contributed by atoms with Crippen LogP contribution in [-0.2, 0) is 9.84 Å². The molecule has 1 heterocycles. The largest absolute Gasteiger partial charge is 0.219 e. The second-order valence-electron chi connectivity index (χ2n) is 4.47. The van der Waals surface area contributed by atoms with E-state index < -0.39 is 9.84 Å². The van der Waals surface area contributed by atoms with Crippen molar-refractivity contribution >= 4 is 21.6 Å². The highest BCUT2D eigenvalue weighted by Gasteiger charge is 2.35. The molecule has 1 aromatic carbocycles. The van der Waals surface area contributed by atoms with Crippen LogP contribution in [0.4, 0.5) is 0 Å². The first-order valence-corrected chi connectivity index (χ1v) is 8.63. The minimum absolute atomic E-state index is 0.371. The average Bonchev–Trinajstić information content (AvgIpc) is 3.07. The lowest BCUT2D eigenvalue weighted by atomic mass is 10.2. The third-order valence-electron chi connectivity index (χ3n) is 3.03. The quantitative estimate of drug-likeness (QED) is 0.766. The van der Waals surface area contributed by atoms with Crippen LogP contribution in [-0.4, -0.2) is 13.7 Å². The Bertz CT molecular complexity index is 544. The summed E-state index contributed by atoms with van der Waals surface area (Å²) in [5.41, 5.74) is 0. The molecule has 1 aliphatic rings. The van der Waals surface area contributed by atoms with Gasteiger partial charge in [0.1, 0.15) is 0 Å². The van der Waals surface area contributed by atoms with Crippen LogP contribution in [0.3, 0.4) is 0 Å². The van der Waals surface area contributed by atoms with Crippen LogP contribution in [0.15, 0.2) is 45.0 Å². The Morgan fingerprint density at radius 1 is 1.28 bits per heavy atom. The van der Waals surface area contributed by atoms with Crippen LogP contribution < -0.4 is 0 Å². The minimum atomic E-state index is -3.28. The Kier molecular flexibility index (Phi) is 4.17. The van der Waals surface area contributed by atoms with E-state index in [1.807, 2.05) is 6.07 Å². The summed E-state index contributed by atoms with van der Waals surface area (Å²) < 4.78 is 25.2. The lowest BCUT2D eigenvalue weighted by Crippen LogP contribution is -2.05. The van der Waals surface area contributed by atoms with Crippen molar-refractivity contribution in [1.82, 2.24) is 0 Å². The normalized spacial score (nSPS) is 21.8. The fourth-order valence-corrected chi connectivity index (χ4v) is 4.81. The van der Waals surface area contributed by atoms with Gasteiger partial charge in [-0.3, -0.25) is 0 Å². The van der Waals surface area contributed by atoms with Gasteiger partial charge in [-0.15, -0.1) is 11.8 Å². The summed E-state index contributed by atoms with van der Waals surface area (Å²) in [5, 5.41) is 0.371. The molecule has 98 valence electrons. The number of unbranched alkanes of at least 4 members (excludes halogenated alkanes) is 1. The third kappa shape index (κ3) is 2.81. The van der Waals surface area contributed by atoms with Crippen molar-refractivity contribution in [3.8, 4) is 0 Å². The van der Waals surface area contributed by atoms with E-state index in [0.29, 0.717) is 21.5 Å². The molecule has 0 bridgehead atoms. The first-order chi connectivity index (χ1) is 8.57. The third-order valence-corrected chi connectivity index (χ3v) is 6.31. The lowest BCUT2D eigenvalue weighted by Gasteiger charge is -2.08. The van der Waals surface area contributed by atoms with E-state index in [1.54, 1.807) is 36.0 Å². The Labute approximate surface area is 113 Å². The summed E-state index contributed by atoms with van der Waals surface area (Å²) in [6.07, 6.45) is 2.61. The zero-order chi connectivity index (χ0) is 13.2. The van der Waals surface area contributed by atoms with Gasteiger partial charge >= 0.3 is 0 Å². The predicted octanol–water partition coefficient (Wildman–Crippen LogP) is 4.00. The zero-order valence-corrected chi connectivity index (χ0v) is 12.4. The van der Waals surface area contributed by atoms with E-state index in [4.69, 9.17) is 0 Å². The van der Waals surface area contributed by atoms with E-state index in [1.165, 1.54) is 0 Å². The second-order valence-corrected chi connectivity index (χ2v) is 7.82. The van der Waals surface area contributed by atoms with Crippen LogP contribution in [0.25, 0.3) is 0 Å². The zero-order valence-electron chi connectivity index (χ0n) is 10.7. The van der Waals surface area contributed by atoms with Gasteiger partial charge in [0.25, 0.3) is 0 Å². The molecule has 0 amide bonds. The molecule has 0 radical (unpaired) electrons. The Morgan fingerprint density at radius 3 is 2.39 bits per heavy atom. The number of benzene rings is 1. The molecule has 1 fully saturated rings. The predicted molar refractivity (Wildman–Crippen MR) is 77.2 cm³/mol. The van der Waals surface area contributed by atoms with Crippen molar-refractivity contribution in [1.29, 1.82) is 0 Å². The van der Waals surface area contributed by atoms with Crippen molar-refractivity contribution in [3.05, 3.63) is 40.1 Å². The Balaban J connectivity index is 2.38. The number of hydrogen-bond donors (Lipinski definition) is 0. The van der Waals surface area contributed by atoms with E-state index in [0.717, 1.165) is 17.7 Å². The molecule has 18 heavy (non-hydrogen) atoms. The van der Waals surface area contributed by atoms with Crippen molar-refractivity contribution in [2.75, 3.05) is 0 Å². The average molecular weight is 282 g/mol. The maximum absolute atomic E-state index is 12.6. The molecule has 1 aromatic rings. The number of allylic oxidation sites excluding steroid dienone is 1. The SMILES string of the molecule is CCCCC(=C1SC1C)S(=O)(=O)c1ccccc1. The maximum atomic E-state index is 12.6. The van der Waals surface area contributed by atoms with Gasteiger partial charge in [0, 0.05) is 10.2 Å². The summed E-state index contributed by atoms with van der Waals surface area (Å²) in [6, 6.07) is 8.75. The first-order valence-electron chi connectivity index (χ1n) is 6.27. The van der Waals surface area contributed by atoms with Crippen LogP contribution in [0, 0.1) is 0 Å². The molecule has 0 N–H and O–H groups in total. The van der Waals surface area contributed by atoms with Crippen molar-refractivity contribution in [2.24, 2.45) is 0 Å². The molecule has 4 heteroatoms. The van der Waals surface area contributed by atoms with Crippen LogP contribution in [0.5, 0.6) is 0 Å². The van der Waals surface area contributed by atoms with Gasteiger partial charge in [0.2, 0.25) is 9.84 Å². The molecule has 1 unspecified atom stereocenters. The molecule has 0 aromatic heterocycles. The highest BCUT2D eigenvalue weighted by molar-refractivity contribution is 8.12. The van der Waals surface area contributed by atoms with E-state index in [2.05, 4.69) is 13.8 Å². The van der Waals surface area contributed by atoms with Crippen molar-refractivity contribution in [2.45, 2.75) is 43.3 Å². The molecule has 2 rings (SSSR count). The molecule has 1 atom stereocenters. The van der Waals surface area contributed by atoms with Gasteiger partial charge in [-0.05, 0) is 31.9 Å². The highest BCUT2D eigenvalue weighted by atomic mass is 32.2. The summed E-state index contributed by atoms with van der Waals surface area (Å²) in [5.74, 6) is 0. The van der Waals surface area contributed by atoms with E-state index in [9.17, 15) is 8.42 Å². The summed E-state index contributed by atoms with van der Waals surface area (Å²) in [6.45, 7) is 4.15. The van der Waals surface area contributed by atoms with Crippen LogP contribution >= 0.6 is 11.8 Å². The van der Waals surface area contributed by atoms with Crippen LogP contribution in [0.2, 0.25) is 0 Å². The fraction of sp³-hybridized carbons (Fsp3) is 0.429. The molecule has 1 aliphatic heterocycles. The smallest absolute Gasteiger partial charge is 0.203 e. The molecule has 1 saturated heterocycles. The molecule has 2 nitrogen and oxygen atoms in total. The van der Waals surface area contributed by atoms with E-state index >= 15 is 0 Å². The molecule has 0 saturated carbocycles. The van der Waals surface area contributed by atoms with Crippen molar-refractivity contribution in [3.63, 3.8) is 0 Å². The maximum Gasteiger partial charge on any atom is 0.203 e. The topological polar surface area (TPSA) is 34.1 Å². The molecular formula is C14H18O2S2. The lowest BCUT2D eigenvalue weighted by molar-refractivity contribution is 0.598. The number of sulfone groups is 1. The number of thioether (sulfide) groups is 1. The van der Waals surface area contributed by atoms with Gasteiger partial charge in [-0.2, -0.15) is 0 Å². The van der Waals surface area contributed by atoms with Gasteiger partial charge in [-0.25, -0.2) is 8.42 Å². The van der Waals surface area contributed by atoms with Gasteiger partial charge < -0.3 is 0 Å². The molecular weight excluding hydrogens is 264 g/mol. The summed E-state index contributed by atoms with van der Waals surface area (Å²) in [7, 11) is -3.28. The van der Waals surface area contributed by atoms with Crippen LogP contribution in [0.1, 0.15) is 33.1 Å². The van der Waals surface area contributed by atoms with Crippen molar-refractivity contribution < 1.29 is 8.42 Å². The second kappa shape index (κ2) is 5.49. The summed E-state index contributed by atoms with van der Waals surface area (Å²) in [4.78, 5) is 2.13. The first kappa shape index (κ1) is 13.7. The molecule has 0 aliphatic carbocycles. The monoisotopic (exact) mass is 282 g/mol. The van der Waals surface area contributed by atoms with Gasteiger partial charge in [-0.1, -0.05) is 31.5 Å². The highest BCUT2D eigenvalue weighted by Crippen LogP contribution is 2.50. The summed E-state index contributed by atoms with van der Waals surface area (Å²) >= 11 is 1.67. The van der Waals surface area contributed by atoms with Gasteiger partial charge in [0.05, 0.1) is 9.80 Å². The van der Waals surface area contributed by atoms with E-state index in [-0.39, 0.29) is 0 Å². The number of rotatable bonds is 5. The molecule has 0 spiro atoms.